The van der Waals surface area contributed by atoms with Crippen LogP contribution < -0.4 is 20.8 Å². The minimum Gasteiger partial charge on any atom is -0.507 e. The lowest BCUT2D eigenvalue weighted by Gasteiger charge is -2.41. The first-order valence-corrected chi connectivity index (χ1v) is 21.8. The van der Waals surface area contributed by atoms with E-state index < -0.39 is 82.9 Å². The van der Waals surface area contributed by atoms with E-state index in [-0.39, 0.29) is 49.7 Å². The van der Waals surface area contributed by atoms with Gasteiger partial charge in [0.1, 0.15) is 34.0 Å². The molecular formula is C47H64N4O11. The molecule has 0 aliphatic carbocycles. The van der Waals surface area contributed by atoms with Crippen LogP contribution in [0.4, 0.5) is 5.69 Å². The van der Waals surface area contributed by atoms with Crippen molar-refractivity contribution in [2.45, 2.75) is 137 Å². The molecule has 62 heavy (non-hydrogen) atoms. The summed E-state index contributed by atoms with van der Waals surface area (Å²) in [4.78, 5) is 53.1. The molecule has 338 valence electrons. The first-order valence-electron chi connectivity index (χ1n) is 21.8. The van der Waals surface area contributed by atoms with Gasteiger partial charge in [0.25, 0.3) is 11.7 Å². The highest BCUT2D eigenvalue weighted by atomic mass is 16.7. The number of aliphatic hydroxyl groups is 2. The number of rotatable bonds is 5. The Kier molecular flexibility index (Phi) is 13.6. The standard InChI is InChI=1S/C47H64N4O11/c1-12-30(13-2)51-20-18-47(19-21-51)49-35-32-33-40(55)28(8)43-34(32)44(57)46(10,62-43)60-22-17-31(59-11)25(5)42(61-29(9)52)27(7)39(54)26(6)38(53)23(3)15-14-16-24(4)45(58)48-37(41(33)56)36(35)50-47/h14-17,22-23,25-27,30-31,38-39,42,49,53-56H,12-13,18-21H2,1-11H3/b15-14+,22-17+,24-16-,48-37?/t23-,25+,26+,27+,31-,38-,39+,42+,46-/m0/s1. The monoisotopic (exact) mass is 860 g/mol. The molecule has 2 aromatic rings. The number of ketones is 1. The summed E-state index contributed by atoms with van der Waals surface area (Å²) in [7, 11) is 1.47. The van der Waals surface area contributed by atoms with Gasteiger partial charge in [-0.3, -0.25) is 19.4 Å². The van der Waals surface area contributed by atoms with E-state index >= 15 is 0 Å². The Labute approximate surface area is 363 Å². The fraction of sp³-hybridized carbons (Fsp3) is 0.596. The predicted molar refractivity (Wildman–Crippen MR) is 232 cm³/mol. The number of methoxy groups -OCH3 is 1. The maximum Gasteiger partial charge on any atom is 0.312 e. The molecule has 7 rings (SSSR count). The van der Waals surface area contributed by atoms with Gasteiger partial charge < -0.3 is 49.6 Å². The molecule has 2 aromatic carbocycles. The van der Waals surface area contributed by atoms with Gasteiger partial charge in [-0.05, 0) is 32.8 Å². The highest BCUT2D eigenvalue weighted by Gasteiger charge is 2.51. The minimum atomic E-state index is -1.95. The van der Waals surface area contributed by atoms with Crippen LogP contribution in [0.25, 0.3) is 10.8 Å². The number of phenols is 2. The van der Waals surface area contributed by atoms with Crippen molar-refractivity contribution >= 4 is 34.1 Å². The van der Waals surface area contributed by atoms with E-state index in [0.29, 0.717) is 24.6 Å². The van der Waals surface area contributed by atoms with Gasteiger partial charge in [-0.2, -0.15) is 0 Å². The molecule has 5 aliphatic heterocycles. The largest absolute Gasteiger partial charge is 0.507 e. The molecule has 0 aromatic heterocycles. The van der Waals surface area contributed by atoms with Gasteiger partial charge in [0.05, 0.1) is 41.2 Å². The normalized spacial score (nSPS) is 32.3. The number of hydrogen-bond acceptors (Lipinski definition) is 14. The molecule has 5 bridgehead atoms. The Balaban J connectivity index is 1.55. The number of anilines is 1. The molecule has 5 N–H and O–H groups in total. The summed E-state index contributed by atoms with van der Waals surface area (Å²) in [5, 5.41) is 50.7. The molecule has 9 atom stereocenters. The van der Waals surface area contributed by atoms with Crippen molar-refractivity contribution in [1.82, 2.24) is 4.90 Å². The zero-order chi connectivity index (χ0) is 45.6. The molecule has 0 radical (unpaired) electrons. The van der Waals surface area contributed by atoms with Gasteiger partial charge in [0.2, 0.25) is 0 Å². The van der Waals surface area contributed by atoms with Gasteiger partial charge in [-0.15, -0.1) is 0 Å². The molecule has 5 aliphatic rings. The number of nitrogens with one attached hydrogen (secondary N) is 1. The third-order valence-electron chi connectivity index (χ3n) is 13.7. The van der Waals surface area contributed by atoms with Gasteiger partial charge in [0, 0.05) is 93.1 Å². The minimum absolute atomic E-state index is 0.0559. The second-order valence-corrected chi connectivity index (χ2v) is 17.8. The Morgan fingerprint density at radius 1 is 0.968 bits per heavy atom. The SMILES string of the molecule is CCC(CC)N1CCC2(CC1)N=c1c(c3c4c5c(C)c(O)c3c(O)c1=NC(=O)/C(C)=C\C=C\[C@H](C)[C@H](O)[C@@H](C)[C@@H](O)[C@@H](C)[C@H](OC(C)=O)[C@H](C)[C@@H](OC)/C=C/O[C@@](C)(O5)C4=O)N2. The molecule has 0 saturated carbocycles. The van der Waals surface area contributed by atoms with Crippen molar-refractivity contribution in [2.24, 2.45) is 33.7 Å². The van der Waals surface area contributed by atoms with Crippen LogP contribution in [0.3, 0.4) is 0 Å². The number of aromatic hydroxyl groups is 2. The molecule has 0 unspecified atom stereocenters. The summed E-state index contributed by atoms with van der Waals surface area (Å²) in [6, 6.07) is 0.410. The molecule has 15 nitrogen and oxygen atoms in total. The third kappa shape index (κ3) is 8.36. The summed E-state index contributed by atoms with van der Waals surface area (Å²) >= 11 is 0. The number of fused-ring (bicyclic) bond motifs is 13. The summed E-state index contributed by atoms with van der Waals surface area (Å²) in [6.07, 6.45) is 7.10. The van der Waals surface area contributed by atoms with Crippen molar-refractivity contribution in [1.29, 1.82) is 0 Å². The van der Waals surface area contributed by atoms with Gasteiger partial charge in [-0.1, -0.05) is 59.8 Å². The number of nitrogens with zero attached hydrogens (tertiary/aromatic N) is 3. The first kappa shape index (κ1) is 46.7. The number of allylic oxidation sites excluding steroid dienone is 2. The smallest absolute Gasteiger partial charge is 0.312 e. The number of aliphatic hydroxyl groups excluding tert-OH is 2. The molecule has 15 heteroatoms. The van der Waals surface area contributed by atoms with E-state index in [0.717, 1.165) is 25.9 Å². The Bertz CT molecular complexity index is 2310. The van der Waals surface area contributed by atoms with Crippen molar-refractivity contribution in [3.05, 3.63) is 58.0 Å². The summed E-state index contributed by atoms with van der Waals surface area (Å²) in [5.41, 5.74) is -0.108. The van der Waals surface area contributed by atoms with Crippen molar-refractivity contribution in [2.75, 3.05) is 25.5 Å². The Morgan fingerprint density at radius 3 is 2.24 bits per heavy atom. The van der Waals surface area contributed by atoms with Crippen molar-refractivity contribution < 1.29 is 53.8 Å². The highest BCUT2D eigenvalue weighted by Crippen LogP contribution is 2.51. The van der Waals surface area contributed by atoms with Gasteiger partial charge in [-0.25, -0.2) is 4.99 Å². The summed E-state index contributed by atoms with van der Waals surface area (Å²) in [5.74, 6) is -7.03. The first-order chi connectivity index (χ1) is 29.2. The van der Waals surface area contributed by atoms with E-state index in [4.69, 9.17) is 23.9 Å². The quantitative estimate of drug-likeness (QED) is 0.192. The average molecular weight is 861 g/mol. The number of hydrogen-bond donors (Lipinski definition) is 5. The molecule has 1 fully saturated rings. The van der Waals surface area contributed by atoms with E-state index in [1.807, 2.05) is 0 Å². The Morgan fingerprint density at radius 2 is 1.63 bits per heavy atom. The van der Waals surface area contributed by atoms with Crippen molar-refractivity contribution in [3.63, 3.8) is 0 Å². The zero-order valence-electron chi connectivity index (χ0n) is 37.8. The number of phenolic OH excluding ortho intramolecular Hbond substituents is 2. The second-order valence-electron chi connectivity index (χ2n) is 17.8. The summed E-state index contributed by atoms with van der Waals surface area (Å²) < 4.78 is 24.0. The topological polar surface area (TPSA) is 209 Å². The van der Waals surface area contributed by atoms with Crippen LogP contribution in [0.2, 0.25) is 0 Å². The van der Waals surface area contributed by atoms with E-state index in [2.05, 4.69) is 29.1 Å². The molecule has 5 heterocycles. The molecule has 1 amide bonds. The van der Waals surface area contributed by atoms with Crippen LogP contribution >= 0.6 is 0 Å². The number of carbonyl (C=O) groups excluding carboxylic acids is 3. The van der Waals surface area contributed by atoms with Crippen LogP contribution in [0.15, 0.2) is 46.1 Å². The maximum atomic E-state index is 14.8. The van der Waals surface area contributed by atoms with Crippen LogP contribution in [-0.4, -0.2) is 105 Å². The average Bonchev–Trinajstić information content (AvgIpc) is 3.74. The maximum absolute atomic E-state index is 14.8. The summed E-state index contributed by atoms with van der Waals surface area (Å²) in [6.45, 7) is 18.7. The molecular weight excluding hydrogens is 797 g/mol. The lowest BCUT2D eigenvalue weighted by atomic mass is 9.78. The number of amides is 1. The Hall–Kier alpha value is -4.83. The number of Topliss-reactive ketones (excluding diaryl/α,β-unsaturated/α-hetero) is 1. The number of piperidine rings is 1. The van der Waals surface area contributed by atoms with Crippen LogP contribution in [0.5, 0.6) is 17.2 Å². The van der Waals surface area contributed by atoms with E-state index in [9.17, 15) is 34.8 Å². The zero-order valence-corrected chi connectivity index (χ0v) is 37.8. The highest BCUT2D eigenvalue weighted by molar-refractivity contribution is 6.21. The van der Waals surface area contributed by atoms with Gasteiger partial charge in [0.15, 0.2) is 5.75 Å². The van der Waals surface area contributed by atoms with Gasteiger partial charge >= 0.3 is 11.8 Å². The number of esters is 1. The predicted octanol–water partition coefficient (Wildman–Crippen LogP) is 5.28. The van der Waals surface area contributed by atoms with Crippen LogP contribution in [0, 0.1) is 30.6 Å². The molecule has 1 saturated heterocycles. The fourth-order valence-corrected chi connectivity index (χ4v) is 9.68. The number of ether oxygens (including phenoxy) is 4. The van der Waals surface area contributed by atoms with Crippen molar-refractivity contribution in [3.8, 4) is 17.2 Å². The fourth-order valence-electron chi connectivity index (χ4n) is 9.68. The third-order valence-corrected chi connectivity index (χ3v) is 13.7. The lowest BCUT2D eigenvalue weighted by molar-refractivity contribution is -0.160. The van der Waals surface area contributed by atoms with Crippen LogP contribution in [0.1, 0.15) is 104 Å². The molecule has 1 spiro atoms. The lowest BCUT2D eigenvalue weighted by Crippen LogP contribution is -2.49. The van der Waals surface area contributed by atoms with E-state index in [1.54, 1.807) is 65.8 Å². The second kappa shape index (κ2) is 18.1. The number of benzene rings is 2. The van der Waals surface area contributed by atoms with Crippen LogP contribution in [-0.2, 0) is 23.8 Å². The number of likely N-dealkylation sites (tertiary alicyclic amines) is 1. The number of carbonyl (C=O) groups is 3. The van der Waals surface area contributed by atoms with E-state index in [1.165, 1.54) is 27.2 Å².